The van der Waals surface area contributed by atoms with E-state index in [2.05, 4.69) is 0 Å². The van der Waals surface area contributed by atoms with Crippen LogP contribution in [0, 0.1) is 0 Å². The van der Waals surface area contributed by atoms with Crippen LogP contribution >= 0.6 is 0 Å². The Labute approximate surface area is 248 Å². The first-order valence-electron chi connectivity index (χ1n) is 13.0. The summed E-state index contributed by atoms with van der Waals surface area (Å²) in [6, 6.07) is 23.0. The molecule has 1 atom stereocenters. The minimum Gasteiger partial charge on any atom is -0.497 e. The zero-order valence-electron chi connectivity index (χ0n) is 23.1. The molecule has 0 aromatic heterocycles. The van der Waals surface area contributed by atoms with E-state index in [4.69, 9.17) is 24.1 Å². The van der Waals surface area contributed by atoms with Crippen molar-refractivity contribution in [1.29, 1.82) is 0 Å². The van der Waals surface area contributed by atoms with Crippen molar-refractivity contribution in [1.82, 2.24) is 0 Å². The highest BCUT2D eigenvalue weighted by Crippen LogP contribution is 2.53. The number of methoxy groups -OCH3 is 1. The van der Waals surface area contributed by atoms with Gasteiger partial charge in [-0.25, -0.2) is 4.79 Å². The van der Waals surface area contributed by atoms with Crippen LogP contribution in [0.2, 0.25) is 0 Å². The third-order valence-electron chi connectivity index (χ3n) is 6.63. The first-order valence-corrected chi connectivity index (χ1v) is 13.0. The molecule has 0 saturated heterocycles. The summed E-state index contributed by atoms with van der Waals surface area (Å²) in [6.45, 7) is -1.16. The highest BCUT2D eigenvalue weighted by molar-refractivity contribution is 5.87. The molecule has 0 amide bonds. The number of alkyl halides is 6. The lowest BCUT2D eigenvalue weighted by atomic mass is 9.91. The molecule has 0 heterocycles. The molecule has 44 heavy (non-hydrogen) atoms. The predicted molar refractivity (Wildman–Crippen MR) is 147 cm³/mol. The minimum atomic E-state index is -5.86. The molecule has 0 aliphatic heterocycles. The summed E-state index contributed by atoms with van der Waals surface area (Å²) in [7, 11) is 1.37. The smallest absolute Gasteiger partial charge is 0.430 e. The van der Waals surface area contributed by atoms with Crippen molar-refractivity contribution in [2.24, 2.45) is 0 Å². The number of hydrogen-bond acceptors (Lipinski definition) is 5. The Morgan fingerprint density at radius 1 is 0.727 bits per heavy atom. The molecule has 4 aromatic rings. The second-order valence-corrected chi connectivity index (χ2v) is 9.50. The maximum absolute atomic E-state index is 14.3. The van der Waals surface area contributed by atoms with E-state index in [0.717, 1.165) is 12.1 Å². The Hall–Kier alpha value is -4.71. The van der Waals surface area contributed by atoms with E-state index in [1.807, 2.05) is 0 Å². The minimum absolute atomic E-state index is 0.0205. The van der Waals surface area contributed by atoms with Gasteiger partial charge in [-0.3, -0.25) is 0 Å². The van der Waals surface area contributed by atoms with Gasteiger partial charge in [0.05, 0.1) is 19.3 Å². The number of carboxylic acid groups (broad SMARTS) is 1. The van der Waals surface area contributed by atoms with E-state index in [9.17, 15) is 31.1 Å². The number of aromatic carboxylic acids is 1. The molecular weight excluding hydrogens is 594 g/mol. The Bertz CT molecular complexity index is 1490. The van der Waals surface area contributed by atoms with Gasteiger partial charge in [0.15, 0.2) is 6.10 Å². The maximum Gasteiger partial charge on any atom is 0.430 e. The SMILES string of the molecule is COc1ccc(COC(c2ccc(OCC(Oc3ccc(C(=O)O)cc3)c3ccccc3)cc2)(C(F)(F)F)C(F)(F)F)cc1. The van der Waals surface area contributed by atoms with Gasteiger partial charge in [0.1, 0.15) is 23.9 Å². The molecule has 232 valence electrons. The maximum atomic E-state index is 14.3. The van der Waals surface area contributed by atoms with Crippen molar-refractivity contribution in [2.45, 2.75) is 30.7 Å². The predicted octanol–water partition coefficient (Wildman–Crippen LogP) is 8.13. The van der Waals surface area contributed by atoms with Gasteiger partial charge in [-0.05, 0) is 59.7 Å². The number of rotatable bonds is 12. The van der Waals surface area contributed by atoms with Gasteiger partial charge in [-0.15, -0.1) is 0 Å². The Balaban J connectivity index is 1.56. The van der Waals surface area contributed by atoms with E-state index in [0.29, 0.717) is 29.2 Å². The van der Waals surface area contributed by atoms with Gasteiger partial charge >= 0.3 is 18.3 Å². The summed E-state index contributed by atoms with van der Waals surface area (Å²) in [4.78, 5) is 11.1. The number of halogens is 6. The van der Waals surface area contributed by atoms with Crippen LogP contribution in [-0.4, -0.2) is 37.1 Å². The summed E-state index contributed by atoms with van der Waals surface area (Å²) < 4.78 is 107. The molecule has 1 unspecified atom stereocenters. The van der Waals surface area contributed by atoms with Crippen molar-refractivity contribution in [2.75, 3.05) is 13.7 Å². The molecule has 1 N–H and O–H groups in total. The first kappa shape index (κ1) is 32.2. The third kappa shape index (κ3) is 7.25. The monoisotopic (exact) mass is 620 g/mol. The second kappa shape index (κ2) is 13.3. The number of hydrogen-bond donors (Lipinski definition) is 1. The van der Waals surface area contributed by atoms with E-state index >= 15 is 0 Å². The topological polar surface area (TPSA) is 74.2 Å². The van der Waals surface area contributed by atoms with E-state index in [1.54, 1.807) is 30.3 Å². The van der Waals surface area contributed by atoms with Crippen molar-refractivity contribution < 1.29 is 55.2 Å². The molecule has 0 aliphatic carbocycles. The van der Waals surface area contributed by atoms with Gasteiger partial charge < -0.3 is 24.1 Å². The fourth-order valence-corrected chi connectivity index (χ4v) is 4.31. The zero-order chi connectivity index (χ0) is 32.0. The molecule has 0 saturated carbocycles. The molecule has 6 nitrogen and oxygen atoms in total. The van der Waals surface area contributed by atoms with E-state index in [1.165, 1.54) is 55.6 Å². The number of carbonyl (C=O) groups is 1. The van der Waals surface area contributed by atoms with E-state index in [-0.39, 0.29) is 23.5 Å². The average molecular weight is 621 g/mol. The highest BCUT2D eigenvalue weighted by atomic mass is 19.4. The lowest BCUT2D eigenvalue weighted by Crippen LogP contribution is -2.55. The van der Waals surface area contributed by atoms with Gasteiger partial charge in [-0.1, -0.05) is 54.6 Å². The fraction of sp³-hybridized carbons (Fsp3) is 0.219. The summed E-state index contributed by atoms with van der Waals surface area (Å²) in [5, 5.41) is 9.11. The number of carboxylic acids is 1. The van der Waals surface area contributed by atoms with Crippen LogP contribution in [0.4, 0.5) is 26.3 Å². The van der Waals surface area contributed by atoms with Crippen LogP contribution in [0.25, 0.3) is 0 Å². The standard InChI is InChI=1S/C32H26F6O6/c1-41-25-13-7-21(8-14-25)19-43-30(31(33,34)35,32(36,37)38)24-11-17-26(18-12-24)42-20-28(22-5-3-2-4-6-22)44-27-15-9-23(10-16-27)29(39)40/h2-18,28H,19-20H2,1H3,(H,39,40). The molecule has 0 fully saturated rings. The molecule has 0 bridgehead atoms. The van der Waals surface area contributed by atoms with Gasteiger partial charge in [0.2, 0.25) is 0 Å². The van der Waals surface area contributed by atoms with Crippen LogP contribution in [-0.2, 0) is 16.9 Å². The number of ether oxygens (including phenoxy) is 4. The summed E-state index contributed by atoms with van der Waals surface area (Å²) in [5.74, 6) is -0.447. The Morgan fingerprint density at radius 2 is 1.27 bits per heavy atom. The average Bonchev–Trinajstić information content (AvgIpc) is 2.99. The highest BCUT2D eigenvalue weighted by Gasteiger charge is 2.73. The quantitative estimate of drug-likeness (QED) is 0.161. The largest absolute Gasteiger partial charge is 0.497 e. The van der Waals surface area contributed by atoms with Crippen LogP contribution in [0.15, 0.2) is 103 Å². The van der Waals surface area contributed by atoms with Crippen molar-refractivity contribution >= 4 is 5.97 Å². The molecule has 0 aliphatic rings. The molecular formula is C32H26F6O6. The molecule has 0 radical (unpaired) electrons. The van der Waals surface area contributed by atoms with Crippen LogP contribution < -0.4 is 14.2 Å². The summed E-state index contributed by atoms with van der Waals surface area (Å²) in [6.07, 6.45) is -12.5. The van der Waals surface area contributed by atoms with Gasteiger partial charge in [0.25, 0.3) is 5.60 Å². The van der Waals surface area contributed by atoms with Crippen molar-refractivity contribution in [3.8, 4) is 17.2 Å². The normalized spacial score (nSPS) is 12.8. The number of benzene rings is 4. The molecule has 4 rings (SSSR count). The fourth-order valence-electron chi connectivity index (χ4n) is 4.31. The zero-order valence-corrected chi connectivity index (χ0v) is 23.1. The van der Waals surface area contributed by atoms with Crippen LogP contribution in [0.1, 0.15) is 33.2 Å². The summed E-state index contributed by atoms with van der Waals surface area (Å²) in [5.41, 5.74) is -5.00. The Kier molecular flexibility index (Phi) is 9.73. The first-order chi connectivity index (χ1) is 20.8. The van der Waals surface area contributed by atoms with Crippen molar-refractivity contribution in [3.63, 3.8) is 0 Å². The summed E-state index contributed by atoms with van der Waals surface area (Å²) >= 11 is 0. The Morgan fingerprint density at radius 3 is 1.80 bits per heavy atom. The van der Waals surface area contributed by atoms with Crippen molar-refractivity contribution in [3.05, 3.63) is 125 Å². The lowest BCUT2D eigenvalue weighted by Gasteiger charge is -2.37. The van der Waals surface area contributed by atoms with Crippen LogP contribution in [0.5, 0.6) is 17.2 Å². The molecule has 4 aromatic carbocycles. The van der Waals surface area contributed by atoms with Gasteiger partial charge in [0, 0.05) is 5.56 Å². The second-order valence-electron chi connectivity index (χ2n) is 9.50. The third-order valence-corrected chi connectivity index (χ3v) is 6.63. The van der Waals surface area contributed by atoms with Crippen LogP contribution in [0.3, 0.4) is 0 Å². The van der Waals surface area contributed by atoms with E-state index < -0.39 is 42.2 Å². The lowest BCUT2D eigenvalue weighted by molar-refractivity contribution is -0.392. The molecule has 12 heteroatoms. The molecule has 0 spiro atoms. The van der Waals surface area contributed by atoms with Gasteiger partial charge in [-0.2, -0.15) is 26.3 Å².